The number of nitrogens with zero attached hydrogens (tertiary/aromatic N) is 1. The molecule has 1 aromatic rings. The van der Waals surface area contributed by atoms with Gasteiger partial charge in [-0.25, -0.2) is 0 Å². The number of hydrogen-bond acceptors (Lipinski definition) is 1. The molecule has 0 amide bonds. The fourth-order valence-corrected chi connectivity index (χ4v) is 2.07. The van der Waals surface area contributed by atoms with E-state index >= 15 is 0 Å². The molecule has 0 fully saturated rings. The summed E-state index contributed by atoms with van der Waals surface area (Å²) in [5, 5.41) is -0.445. The first-order valence-corrected chi connectivity index (χ1v) is 5.19. The van der Waals surface area contributed by atoms with Gasteiger partial charge in [0, 0.05) is 7.05 Å². The lowest BCUT2D eigenvalue weighted by atomic mass is 10.3. The normalized spacial score (nSPS) is 13.2. The Hall–Kier alpha value is -0.790. The highest BCUT2D eigenvalue weighted by Gasteiger charge is 2.42. The first-order valence-electron chi connectivity index (χ1n) is 3.97. The Morgan fingerprint density at radius 3 is 1.81 bits per heavy atom. The third-order valence-corrected chi connectivity index (χ3v) is 2.85. The molecule has 0 atom stereocenters. The fourth-order valence-electron chi connectivity index (χ4n) is 1.31. The maximum Gasteiger partial charge on any atom is 0.431 e. The van der Waals surface area contributed by atoms with Gasteiger partial charge in [0.15, 0.2) is 0 Å². The first-order chi connectivity index (χ1) is 7.09. The molecule has 0 aliphatic heterocycles. The quantitative estimate of drug-likeness (QED) is 0.551. The molecule has 0 radical (unpaired) electrons. The van der Waals surface area contributed by atoms with Gasteiger partial charge >= 0.3 is 12.4 Å². The Bertz CT molecular complexity index is 388. The van der Waals surface area contributed by atoms with Crippen molar-refractivity contribution in [3.63, 3.8) is 0 Å². The van der Waals surface area contributed by atoms with E-state index in [0.717, 1.165) is 7.05 Å². The van der Waals surface area contributed by atoms with Crippen molar-refractivity contribution < 1.29 is 26.3 Å². The largest absolute Gasteiger partial charge is 0.431 e. The van der Waals surface area contributed by atoms with Crippen LogP contribution in [0.3, 0.4) is 0 Å². The minimum absolute atomic E-state index is 0.131. The maximum atomic E-state index is 12.4. The summed E-state index contributed by atoms with van der Waals surface area (Å²) in [6.07, 6.45) is -8.27. The van der Waals surface area contributed by atoms with Crippen molar-refractivity contribution >= 4 is 11.8 Å². The van der Waals surface area contributed by atoms with E-state index in [1.54, 1.807) is 0 Å². The van der Waals surface area contributed by atoms with Gasteiger partial charge < -0.3 is 4.57 Å². The molecule has 0 bridgehead atoms. The third-order valence-electron chi connectivity index (χ3n) is 1.97. The van der Waals surface area contributed by atoms with Gasteiger partial charge in [0.1, 0.15) is 5.69 Å². The van der Waals surface area contributed by atoms with Gasteiger partial charge in [-0.3, -0.25) is 0 Å². The lowest BCUT2D eigenvalue weighted by Gasteiger charge is -2.09. The smallest absolute Gasteiger partial charge is 0.335 e. The second kappa shape index (κ2) is 3.90. The zero-order chi connectivity index (χ0) is 12.7. The fraction of sp³-hybridized carbons (Fsp3) is 0.500. The standard InChI is InChI=1S/C8H7F6NS/c1-15-5(8(12,13)14)3-4(6(15)16-2)7(9,10)11/h3H,1-2H3. The Morgan fingerprint density at radius 1 is 1.06 bits per heavy atom. The molecule has 16 heavy (non-hydrogen) atoms. The molecular weight excluding hydrogens is 256 g/mol. The van der Waals surface area contributed by atoms with Crippen LogP contribution in [-0.4, -0.2) is 10.8 Å². The number of aromatic nitrogens is 1. The molecule has 8 heteroatoms. The molecule has 0 saturated heterocycles. The Balaban J connectivity index is 3.44. The Labute approximate surface area is 91.4 Å². The molecule has 0 spiro atoms. The van der Waals surface area contributed by atoms with Crippen molar-refractivity contribution in [3.05, 3.63) is 17.3 Å². The molecule has 0 N–H and O–H groups in total. The minimum Gasteiger partial charge on any atom is -0.335 e. The molecule has 0 aliphatic rings. The zero-order valence-corrected chi connectivity index (χ0v) is 9.02. The number of hydrogen-bond donors (Lipinski definition) is 0. The van der Waals surface area contributed by atoms with Crippen LogP contribution in [0.5, 0.6) is 0 Å². The highest BCUT2D eigenvalue weighted by molar-refractivity contribution is 7.98. The molecule has 1 nitrogen and oxygen atoms in total. The average Bonchev–Trinajstić information content (AvgIpc) is 2.40. The van der Waals surface area contributed by atoms with Crippen molar-refractivity contribution in [2.75, 3.05) is 6.26 Å². The van der Waals surface area contributed by atoms with E-state index < -0.39 is 28.6 Å². The van der Waals surface area contributed by atoms with E-state index in [1.165, 1.54) is 6.26 Å². The summed E-state index contributed by atoms with van der Waals surface area (Å²) < 4.78 is 74.9. The second-order valence-electron chi connectivity index (χ2n) is 3.01. The minimum atomic E-state index is -4.79. The second-order valence-corrected chi connectivity index (χ2v) is 3.80. The van der Waals surface area contributed by atoms with Crippen LogP contribution in [0.25, 0.3) is 0 Å². The van der Waals surface area contributed by atoms with E-state index in [-0.39, 0.29) is 6.07 Å². The molecule has 0 unspecified atom stereocenters. The first kappa shape index (κ1) is 13.3. The summed E-state index contributed by atoms with van der Waals surface area (Å²) in [6.45, 7) is 0. The maximum absolute atomic E-state index is 12.4. The van der Waals surface area contributed by atoms with Crippen molar-refractivity contribution in [2.24, 2.45) is 7.05 Å². The van der Waals surface area contributed by atoms with E-state index in [0.29, 0.717) is 16.3 Å². The summed E-state index contributed by atoms with van der Waals surface area (Å²) in [4.78, 5) is 0. The molecule has 1 heterocycles. The van der Waals surface area contributed by atoms with Gasteiger partial charge in [-0.2, -0.15) is 26.3 Å². The predicted molar refractivity (Wildman–Crippen MR) is 47.2 cm³/mol. The van der Waals surface area contributed by atoms with Crippen molar-refractivity contribution in [1.29, 1.82) is 0 Å². The van der Waals surface area contributed by atoms with Gasteiger partial charge in [0.2, 0.25) is 0 Å². The predicted octanol–water partition coefficient (Wildman–Crippen LogP) is 3.78. The van der Waals surface area contributed by atoms with Crippen LogP contribution < -0.4 is 0 Å². The lowest BCUT2D eigenvalue weighted by Crippen LogP contribution is -2.11. The highest BCUT2D eigenvalue weighted by Crippen LogP contribution is 2.41. The summed E-state index contributed by atoms with van der Waals surface area (Å²) in [6, 6.07) is 0.131. The number of thioether (sulfide) groups is 1. The van der Waals surface area contributed by atoms with Crippen molar-refractivity contribution in [2.45, 2.75) is 17.4 Å². The van der Waals surface area contributed by atoms with Gasteiger partial charge in [0.25, 0.3) is 0 Å². The van der Waals surface area contributed by atoms with E-state index in [2.05, 4.69) is 0 Å². The van der Waals surface area contributed by atoms with Gasteiger partial charge in [-0.1, -0.05) is 0 Å². The van der Waals surface area contributed by atoms with Gasteiger partial charge in [-0.15, -0.1) is 11.8 Å². The third kappa shape index (κ3) is 2.31. The molecular formula is C8H7F6NS. The van der Waals surface area contributed by atoms with Gasteiger partial charge in [-0.05, 0) is 12.3 Å². The highest BCUT2D eigenvalue weighted by atomic mass is 32.2. The van der Waals surface area contributed by atoms with Crippen molar-refractivity contribution in [1.82, 2.24) is 4.57 Å². The molecule has 0 saturated carbocycles. The summed E-state index contributed by atoms with van der Waals surface area (Å²) in [5.74, 6) is 0. The van der Waals surface area contributed by atoms with Crippen LogP contribution in [0.1, 0.15) is 11.3 Å². The van der Waals surface area contributed by atoms with Gasteiger partial charge in [0.05, 0.1) is 10.6 Å². The van der Waals surface area contributed by atoms with E-state index in [4.69, 9.17) is 0 Å². The number of alkyl halides is 6. The van der Waals surface area contributed by atoms with Crippen LogP contribution in [0.4, 0.5) is 26.3 Å². The number of halogens is 6. The van der Waals surface area contributed by atoms with Crippen LogP contribution in [0, 0.1) is 0 Å². The monoisotopic (exact) mass is 263 g/mol. The van der Waals surface area contributed by atoms with Crippen LogP contribution in [0.15, 0.2) is 11.1 Å². The van der Waals surface area contributed by atoms with E-state index in [1.807, 2.05) is 0 Å². The summed E-state index contributed by atoms with van der Waals surface area (Å²) in [5.41, 5.74) is -2.56. The molecule has 92 valence electrons. The Morgan fingerprint density at radius 2 is 1.56 bits per heavy atom. The molecule has 1 aromatic heterocycles. The zero-order valence-electron chi connectivity index (χ0n) is 8.20. The van der Waals surface area contributed by atoms with E-state index in [9.17, 15) is 26.3 Å². The van der Waals surface area contributed by atoms with Crippen molar-refractivity contribution in [3.8, 4) is 0 Å². The average molecular weight is 263 g/mol. The van der Waals surface area contributed by atoms with Crippen LogP contribution >= 0.6 is 11.8 Å². The Kier molecular flexibility index (Phi) is 3.24. The lowest BCUT2D eigenvalue weighted by molar-refractivity contribution is -0.144. The topological polar surface area (TPSA) is 4.93 Å². The summed E-state index contributed by atoms with van der Waals surface area (Å²) in [7, 11) is 0.962. The number of rotatable bonds is 1. The molecule has 0 aromatic carbocycles. The summed E-state index contributed by atoms with van der Waals surface area (Å²) >= 11 is 0.629. The van der Waals surface area contributed by atoms with Crippen LogP contribution in [0.2, 0.25) is 0 Å². The molecule has 0 aliphatic carbocycles. The SMILES string of the molecule is CSc1c(C(F)(F)F)cc(C(F)(F)F)n1C. The molecule has 1 rings (SSSR count). The van der Waals surface area contributed by atoms with Crippen LogP contribution in [-0.2, 0) is 19.4 Å².